The average Bonchev–Trinajstić information content (AvgIpc) is 2.96. The SMILES string of the molecule is CCn1nc(C)cc1CC(=O)CCC1CCCO1. The van der Waals surface area contributed by atoms with E-state index in [0.717, 1.165) is 43.8 Å². The van der Waals surface area contributed by atoms with E-state index >= 15 is 0 Å². The summed E-state index contributed by atoms with van der Waals surface area (Å²) in [6.07, 6.45) is 4.56. The van der Waals surface area contributed by atoms with Gasteiger partial charge in [-0.3, -0.25) is 9.48 Å². The van der Waals surface area contributed by atoms with Crippen LogP contribution in [0.25, 0.3) is 0 Å². The van der Waals surface area contributed by atoms with Gasteiger partial charge in [0.2, 0.25) is 0 Å². The Morgan fingerprint density at radius 2 is 2.44 bits per heavy atom. The maximum atomic E-state index is 11.9. The summed E-state index contributed by atoms with van der Waals surface area (Å²) in [6.45, 7) is 5.70. The second-order valence-corrected chi connectivity index (χ2v) is 4.98. The summed E-state index contributed by atoms with van der Waals surface area (Å²) in [5, 5.41) is 4.36. The van der Waals surface area contributed by atoms with Crippen molar-refractivity contribution in [3.63, 3.8) is 0 Å². The Labute approximate surface area is 108 Å². The van der Waals surface area contributed by atoms with Crippen LogP contribution in [0.1, 0.15) is 44.0 Å². The zero-order chi connectivity index (χ0) is 13.0. The smallest absolute Gasteiger partial charge is 0.138 e. The molecular weight excluding hydrogens is 228 g/mol. The van der Waals surface area contributed by atoms with E-state index in [-0.39, 0.29) is 0 Å². The number of Topliss-reactive ketones (excluding diaryl/α,β-unsaturated/α-hetero) is 1. The van der Waals surface area contributed by atoms with Crippen molar-refractivity contribution in [3.8, 4) is 0 Å². The van der Waals surface area contributed by atoms with Crippen molar-refractivity contribution >= 4 is 5.78 Å². The molecule has 1 saturated heterocycles. The molecule has 0 saturated carbocycles. The summed E-state index contributed by atoms with van der Waals surface area (Å²) in [5.41, 5.74) is 2.02. The van der Waals surface area contributed by atoms with Crippen LogP contribution in [0.5, 0.6) is 0 Å². The van der Waals surface area contributed by atoms with E-state index < -0.39 is 0 Å². The number of rotatable bonds is 6. The molecule has 18 heavy (non-hydrogen) atoms. The fourth-order valence-corrected chi connectivity index (χ4v) is 2.50. The van der Waals surface area contributed by atoms with E-state index in [1.165, 1.54) is 0 Å². The Morgan fingerprint density at radius 3 is 3.11 bits per heavy atom. The van der Waals surface area contributed by atoms with Crippen LogP contribution >= 0.6 is 0 Å². The first-order valence-corrected chi connectivity index (χ1v) is 6.85. The number of ketones is 1. The van der Waals surface area contributed by atoms with Gasteiger partial charge in [0.05, 0.1) is 11.8 Å². The largest absolute Gasteiger partial charge is 0.378 e. The minimum Gasteiger partial charge on any atom is -0.378 e. The lowest BCUT2D eigenvalue weighted by Gasteiger charge is -2.08. The number of carbonyl (C=O) groups is 1. The molecule has 0 radical (unpaired) electrons. The second kappa shape index (κ2) is 6.14. The standard InChI is InChI=1S/C14H22N2O2/c1-3-16-12(9-11(2)15-16)10-13(17)6-7-14-5-4-8-18-14/h9,14H,3-8,10H2,1-2H3. The quantitative estimate of drug-likeness (QED) is 0.778. The fourth-order valence-electron chi connectivity index (χ4n) is 2.50. The van der Waals surface area contributed by atoms with Crippen LogP contribution < -0.4 is 0 Å². The first-order chi connectivity index (χ1) is 8.69. The molecule has 0 amide bonds. The van der Waals surface area contributed by atoms with E-state index in [9.17, 15) is 4.79 Å². The molecule has 2 rings (SSSR count). The first kappa shape index (κ1) is 13.3. The molecule has 0 aromatic carbocycles. The summed E-state index contributed by atoms with van der Waals surface area (Å²) in [5.74, 6) is 0.292. The maximum absolute atomic E-state index is 11.9. The molecule has 1 aliphatic rings. The van der Waals surface area contributed by atoms with Crippen molar-refractivity contribution in [1.82, 2.24) is 9.78 Å². The number of aromatic nitrogens is 2. The highest BCUT2D eigenvalue weighted by Gasteiger charge is 2.17. The molecule has 0 spiro atoms. The van der Waals surface area contributed by atoms with Crippen LogP contribution in [0.3, 0.4) is 0 Å². The third-order valence-corrected chi connectivity index (χ3v) is 3.43. The number of aryl methyl sites for hydroxylation is 2. The van der Waals surface area contributed by atoms with E-state index in [4.69, 9.17) is 4.74 Å². The summed E-state index contributed by atoms with van der Waals surface area (Å²) in [6, 6.07) is 2.01. The Balaban J connectivity index is 1.82. The Kier molecular flexibility index (Phi) is 4.53. The van der Waals surface area contributed by atoms with Gasteiger partial charge < -0.3 is 4.74 Å². The number of hydrogen-bond donors (Lipinski definition) is 0. The number of hydrogen-bond acceptors (Lipinski definition) is 3. The molecule has 0 aliphatic carbocycles. The Morgan fingerprint density at radius 1 is 1.61 bits per heavy atom. The van der Waals surface area contributed by atoms with Gasteiger partial charge in [0.15, 0.2) is 0 Å². The monoisotopic (exact) mass is 250 g/mol. The summed E-state index contributed by atoms with van der Waals surface area (Å²) in [7, 11) is 0. The van der Waals surface area contributed by atoms with Gasteiger partial charge in [0.25, 0.3) is 0 Å². The lowest BCUT2D eigenvalue weighted by atomic mass is 10.1. The Bertz CT molecular complexity index is 406. The molecule has 1 fully saturated rings. The Hall–Kier alpha value is -1.16. The average molecular weight is 250 g/mol. The van der Waals surface area contributed by atoms with Crippen molar-refractivity contribution in [1.29, 1.82) is 0 Å². The van der Waals surface area contributed by atoms with E-state index in [1.807, 2.05) is 24.6 Å². The van der Waals surface area contributed by atoms with E-state index in [2.05, 4.69) is 5.10 Å². The molecule has 1 unspecified atom stereocenters. The summed E-state index contributed by atoms with van der Waals surface area (Å²) < 4.78 is 7.45. The van der Waals surface area contributed by atoms with Gasteiger partial charge in [0, 0.05) is 31.7 Å². The molecule has 4 nitrogen and oxygen atoms in total. The lowest BCUT2D eigenvalue weighted by Crippen LogP contribution is -2.12. The molecule has 0 bridgehead atoms. The van der Waals surface area contributed by atoms with Crippen LogP contribution in [-0.4, -0.2) is 28.3 Å². The third kappa shape index (κ3) is 3.42. The van der Waals surface area contributed by atoms with Gasteiger partial charge in [-0.2, -0.15) is 5.10 Å². The van der Waals surface area contributed by atoms with Crippen LogP contribution in [0.15, 0.2) is 6.07 Å². The molecule has 2 heterocycles. The van der Waals surface area contributed by atoms with Crippen molar-refractivity contribution in [3.05, 3.63) is 17.5 Å². The minimum atomic E-state index is 0.292. The number of ether oxygens (including phenoxy) is 1. The highest BCUT2D eigenvalue weighted by atomic mass is 16.5. The molecule has 1 aromatic heterocycles. The number of carbonyl (C=O) groups excluding carboxylic acids is 1. The highest BCUT2D eigenvalue weighted by Crippen LogP contribution is 2.17. The van der Waals surface area contributed by atoms with Crippen molar-refractivity contribution < 1.29 is 9.53 Å². The number of nitrogens with zero attached hydrogens (tertiary/aromatic N) is 2. The summed E-state index contributed by atoms with van der Waals surface area (Å²) >= 11 is 0. The molecule has 1 aromatic rings. The van der Waals surface area contributed by atoms with Gasteiger partial charge in [0.1, 0.15) is 5.78 Å². The van der Waals surface area contributed by atoms with Crippen molar-refractivity contribution in [2.45, 2.75) is 58.6 Å². The van der Waals surface area contributed by atoms with Gasteiger partial charge >= 0.3 is 0 Å². The molecule has 0 N–H and O–H groups in total. The second-order valence-electron chi connectivity index (χ2n) is 4.98. The topological polar surface area (TPSA) is 44.1 Å². The molecule has 4 heteroatoms. The predicted octanol–water partition coefficient (Wildman–Crippen LogP) is 2.28. The van der Waals surface area contributed by atoms with E-state index in [1.54, 1.807) is 0 Å². The van der Waals surface area contributed by atoms with E-state index in [0.29, 0.717) is 24.7 Å². The van der Waals surface area contributed by atoms with Crippen LogP contribution in [-0.2, 0) is 22.5 Å². The van der Waals surface area contributed by atoms with Gasteiger partial charge in [-0.25, -0.2) is 0 Å². The van der Waals surface area contributed by atoms with Crippen LogP contribution in [0.2, 0.25) is 0 Å². The van der Waals surface area contributed by atoms with Gasteiger partial charge in [-0.05, 0) is 39.2 Å². The highest BCUT2D eigenvalue weighted by molar-refractivity contribution is 5.80. The van der Waals surface area contributed by atoms with Gasteiger partial charge in [-0.15, -0.1) is 0 Å². The molecule has 100 valence electrons. The summed E-state index contributed by atoms with van der Waals surface area (Å²) in [4.78, 5) is 11.9. The normalized spacial score (nSPS) is 19.3. The van der Waals surface area contributed by atoms with Crippen LogP contribution in [0, 0.1) is 6.92 Å². The fraction of sp³-hybridized carbons (Fsp3) is 0.714. The molecular formula is C14H22N2O2. The van der Waals surface area contributed by atoms with Gasteiger partial charge in [-0.1, -0.05) is 0 Å². The third-order valence-electron chi connectivity index (χ3n) is 3.43. The minimum absolute atomic E-state index is 0.292. The maximum Gasteiger partial charge on any atom is 0.138 e. The first-order valence-electron chi connectivity index (χ1n) is 6.85. The zero-order valence-electron chi connectivity index (χ0n) is 11.3. The zero-order valence-corrected chi connectivity index (χ0v) is 11.3. The lowest BCUT2D eigenvalue weighted by molar-refractivity contribution is -0.119. The van der Waals surface area contributed by atoms with Crippen LogP contribution in [0.4, 0.5) is 0 Å². The molecule has 1 aliphatic heterocycles. The van der Waals surface area contributed by atoms with Crippen molar-refractivity contribution in [2.75, 3.05) is 6.61 Å². The van der Waals surface area contributed by atoms with Crippen molar-refractivity contribution in [2.24, 2.45) is 0 Å². The predicted molar refractivity (Wildman–Crippen MR) is 69.6 cm³/mol. The molecule has 1 atom stereocenters.